The van der Waals surface area contributed by atoms with Gasteiger partial charge in [-0.25, -0.2) is 14.4 Å². The number of nitrogens with zero attached hydrogens (tertiary/aromatic N) is 4. The van der Waals surface area contributed by atoms with Gasteiger partial charge in [0.05, 0.1) is 18.8 Å². The second-order valence-electron chi connectivity index (χ2n) is 5.79. The fourth-order valence-corrected chi connectivity index (χ4v) is 3.47. The highest BCUT2D eigenvalue weighted by atomic mass is 32.1. The number of methoxy groups -OCH3 is 1. The van der Waals surface area contributed by atoms with Gasteiger partial charge in [0.25, 0.3) is 0 Å². The number of hydrogen-bond acceptors (Lipinski definition) is 5. The minimum atomic E-state index is -0.213. The van der Waals surface area contributed by atoms with Crippen LogP contribution < -0.4 is 10.6 Å². The fraction of sp³-hybridized carbons (Fsp3) is 0.412. The highest BCUT2D eigenvalue weighted by Gasteiger charge is 2.18. The van der Waals surface area contributed by atoms with E-state index in [1.54, 1.807) is 18.4 Å². The molecule has 1 saturated heterocycles. The van der Waals surface area contributed by atoms with E-state index < -0.39 is 0 Å². The number of piperazine rings is 1. The Labute approximate surface area is 150 Å². The molecule has 0 unspecified atom stereocenters. The van der Waals surface area contributed by atoms with Crippen LogP contribution in [0.25, 0.3) is 0 Å². The minimum absolute atomic E-state index is 0.213. The maximum Gasteiger partial charge on any atom is 0.191 e. The van der Waals surface area contributed by atoms with Crippen molar-refractivity contribution in [2.75, 3.05) is 38.2 Å². The molecule has 0 atom stereocenters. The number of halogens is 1. The number of benzene rings is 1. The molecule has 0 bridgehead atoms. The van der Waals surface area contributed by atoms with Gasteiger partial charge in [0, 0.05) is 44.4 Å². The highest BCUT2D eigenvalue weighted by Crippen LogP contribution is 2.17. The van der Waals surface area contributed by atoms with Crippen molar-refractivity contribution in [3.05, 3.63) is 46.2 Å². The first kappa shape index (κ1) is 17.6. The van der Waals surface area contributed by atoms with Crippen LogP contribution in [0.1, 0.15) is 10.7 Å². The molecule has 0 aliphatic carbocycles. The zero-order valence-electron chi connectivity index (χ0n) is 14.2. The quantitative estimate of drug-likeness (QED) is 0.651. The summed E-state index contributed by atoms with van der Waals surface area (Å²) in [6, 6.07) is 6.59. The molecule has 6 nitrogen and oxygen atoms in total. The van der Waals surface area contributed by atoms with Crippen LogP contribution in [-0.4, -0.2) is 49.1 Å². The molecular formula is C17H22FN5OS. The summed E-state index contributed by atoms with van der Waals surface area (Å²) < 4.78 is 18.1. The van der Waals surface area contributed by atoms with Gasteiger partial charge in [0.2, 0.25) is 0 Å². The Morgan fingerprint density at radius 1 is 1.28 bits per heavy atom. The topological polar surface area (TPSA) is 67.0 Å². The van der Waals surface area contributed by atoms with Gasteiger partial charge in [-0.2, -0.15) is 0 Å². The Morgan fingerprint density at radius 3 is 2.68 bits per heavy atom. The van der Waals surface area contributed by atoms with Crippen molar-refractivity contribution in [3.8, 4) is 0 Å². The molecule has 8 heteroatoms. The van der Waals surface area contributed by atoms with Crippen molar-refractivity contribution in [2.24, 2.45) is 10.7 Å². The van der Waals surface area contributed by atoms with Crippen LogP contribution in [0.3, 0.4) is 0 Å². The molecule has 134 valence electrons. The molecule has 1 aromatic carbocycles. The van der Waals surface area contributed by atoms with Crippen LogP contribution in [-0.2, 0) is 17.9 Å². The third-order valence-corrected chi connectivity index (χ3v) is 4.94. The fourth-order valence-electron chi connectivity index (χ4n) is 2.72. The molecule has 0 spiro atoms. The van der Waals surface area contributed by atoms with E-state index in [1.165, 1.54) is 12.1 Å². The molecule has 2 heterocycles. The molecule has 0 saturated carbocycles. The standard InChI is InChI=1S/C17H22FN5OS/c1-24-11-16-21-14(12-25-16)10-20-17(19)23-8-6-22(7-9-23)15-4-2-13(18)3-5-15/h2-5,12H,6-11H2,1H3,(H2,19,20). The first-order chi connectivity index (χ1) is 12.2. The van der Waals surface area contributed by atoms with E-state index in [4.69, 9.17) is 10.5 Å². The molecule has 1 aliphatic rings. The molecule has 1 aromatic heterocycles. The Bertz CT molecular complexity index is 710. The monoisotopic (exact) mass is 363 g/mol. The summed E-state index contributed by atoms with van der Waals surface area (Å²) >= 11 is 1.57. The van der Waals surface area contributed by atoms with Crippen LogP contribution in [0, 0.1) is 5.82 Å². The number of ether oxygens (including phenoxy) is 1. The van der Waals surface area contributed by atoms with Crippen molar-refractivity contribution >= 4 is 23.0 Å². The lowest BCUT2D eigenvalue weighted by Gasteiger charge is -2.36. The van der Waals surface area contributed by atoms with E-state index in [-0.39, 0.29) is 5.82 Å². The van der Waals surface area contributed by atoms with Gasteiger partial charge >= 0.3 is 0 Å². The number of anilines is 1. The summed E-state index contributed by atoms with van der Waals surface area (Å²) in [6.07, 6.45) is 0. The summed E-state index contributed by atoms with van der Waals surface area (Å²) in [4.78, 5) is 13.2. The lowest BCUT2D eigenvalue weighted by atomic mass is 10.2. The van der Waals surface area contributed by atoms with Crippen molar-refractivity contribution in [2.45, 2.75) is 13.2 Å². The number of rotatable bonds is 5. The summed E-state index contributed by atoms with van der Waals surface area (Å²) in [5, 5.41) is 2.93. The Hall–Kier alpha value is -2.19. The Morgan fingerprint density at radius 2 is 2.00 bits per heavy atom. The lowest BCUT2D eigenvalue weighted by Crippen LogP contribution is -2.51. The van der Waals surface area contributed by atoms with Gasteiger partial charge in [0.1, 0.15) is 10.8 Å². The van der Waals surface area contributed by atoms with Crippen molar-refractivity contribution in [1.29, 1.82) is 0 Å². The van der Waals surface area contributed by atoms with Gasteiger partial charge in [0.15, 0.2) is 5.96 Å². The van der Waals surface area contributed by atoms with E-state index in [9.17, 15) is 4.39 Å². The van der Waals surface area contributed by atoms with Crippen molar-refractivity contribution in [1.82, 2.24) is 9.88 Å². The minimum Gasteiger partial charge on any atom is -0.378 e. The van der Waals surface area contributed by atoms with Gasteiger partial charge in [-0.3, -0.25) is 0 Å². The molecule has 2 aromatic rings. The molecule has 1 aliphatic heterocycles. The summed E-state index contributed by atoms with van der Waals surface area (Å²) in [6.45, 7) is 4.24. The van der Waals surface area contributed by atoms with Gasteiger partial charge < -0.3 is 20.3 Å². The molecule has 25 heavy (non-hydrogen) atoms. The van der Waals surface area contributed by atoms with Crippen LogP contribution in [0.4, 0.5) is 10.1 Å². The number of thiazole rings is 1. The lowest BCUT2D eigenvalue weighted by molar-refractivity contribution is 0.184. The Kier molecular flexibility index (Phi) is 5.83. The molecule has 2 N–H and O–H groups in total. The number of aliphatic imine (C=N–C) groups is 1. The SMILES string of the molecule is COCc1nc(CN=C(N)N2CCN(c3ccc(F)cc3)CC2)cs1. The Balaban J connectivity index is 1.51. The summed E-state index contributed by atoms with van der Waals surface area (Å²) in [5.41, 5.74) is 8.06. The van der Waals surface area contributed by atoms with Crippen molar-refractivity contribution < 1.29 is 9.13 Å². The number of guanidine groups is 1. The number of nitrogens with two attached hydrogens (primary N) is 1. The second-order valence-corrected chi connectivity index (χ2v) is 6.73. The molecular weight excluding hydrogens is 341 g/mol. The van der Waals surface area contributed by atoms with E-state index >= 15 is 0 Å². The third-order valence-electron chi connectivity index (χ3n) is 4.07. The zero-order valence-corrected chi connectivity index (χ0v) is 15.0. The average molecular weight is 363 g/mol. The van der Waals surface area contributed by atoms with Crippen LogP contribution in [0.15, 0.2) is 34.6 Å². The van der Waals surface area contributed by atoms with Crippen LogP contribution in [0.2, 0.25) is 0 Å². The maximum absolute atomic E-state index is 13.0. The van der Waals surface area contributed by atoms with E-state index in [0.29, 0.717) is 19.1 Å². The van der Waals surface area contributed by atoms with Crippen molar-refractivity contribution in [3.63, 3.8) is 0 Å². The molecule has 0 amide bonds. The van der Waals surface area contributed by atoms with Crippen LogP contribution >= 0.6 is 11.3 Å². The summed E-state index contributed by atoms with van der Waals surface area (Å²) in [7, 11) is 1.66. The van der Waals surface area contributed by atoms with Gasteiger partial charge in [-0.15, -0.1) is 11.3 Å². The number of hydrogen-bond donors (Lipinski definition) is 1. The van der Waals surface area contributed by atoms with E-state index in [2.05, 4.69) is 19.8 Å². The molecule has 0 radical (unpaired) electrons. The first-order valence-electron chi connectivity index (χ1n) is 8.13. The normalized spacial score (nSPS) is 15.7. The first-order valence-corrected chi connectivity index (χ1v) is 9.01. The third kappa shape index (κ3) is 4.67. The van der Waals surface area contributed by atoms with Gasteiger partial charge in [-0.05, 0) is 24.3 Å². The number of aromatic nitrogens is 1. The average Bonchev–Trinajstić information content (AvgIpc) is 3.08. The predicted octanol–water partition coefficient (Wildman–Crippen LogP) is 2.07. The summed E-state index contributed by atoms with van der Waals surface area (Å²) in [5.74, 6) is 0.328. The highest BCUT2D eigenvalue weighted by molar-refractivity contribution is 7.09. The molecule has 3 rings (SSSR count). The van der Waals surface area contributed by atoms with Gasteiger partial charge in [-0.1, -0.05) is 0 Å². The molecule has 1 fully saturated rings. The zero-order chi connectivity index (χ0) is 17.6. The maximum atomic E-state index is 13.0. The van der Waals surface area contributed by atoms with E-state index in [1.807, 2.05) is 17.5 Å². The van der Waals surface area contributed by atoms with Crippen LogP contribution in [0.5, 0.6) is 0 Å². The smallest absolute Gasteiger partial charge is 0.191 e. The predicted molar refractivity (Wildman–Crippen MR) is 98.3 cm³/mol. The largest absolute Gasteiger partial charge is 0.378 e. The second kappa shape index (κ2) is 8.26. The van der Waals surface area contributed by atoms with E-state index in [0.717, 1.165) is 42.6 Å².